The van der Waals surface area contributed by atoms with Crippen LogP contribution in [0.25, 0.3) is 10.8 Å². The number of carbonyl (C=O) groups is 3. The maximum Gasteiger partial charge on any atom is 0.312 e. The molecule has 5 bridgehead atoms. The van der Waals surface area contributed by atoms with Crippen LogP contribution >= 0.6 is 0 Å². The van der Waals surface area contributed by atoms with E-state index in [1.165, 1.54) is 46.3 Å². The van der Waals surface area contributed by atoms with Gasteiger partial charge in [-0.2, -0.15) is 0 Å². The minimum atomic E-state index is -2.07. The predicted octanol–water partition coefficient (Wildman–Crippen LogP) is 4.05. The van der Waals surface area contributed by atoms with Crippen molar-refractivity contribution >= 4 is 39.8 Å². The quantitative estimate of drug-likeness (QED) is 0.141. The summed E-state index contributed by atoms with van der Waals surface area (Å²) in [6.45, 7) is 15.3. The Morgan fingerprint density at radius 1 is 0.857 bits per heavy atom. The van der Waals surface area contributed by atoms with E-state index in [0.717, 1.165) is 0 Å². The molecule has 63 heavy (non-hydrogen) atoms. The van der Waals surface area contributed by atoms with Crippen molar-refractivity contribution < 1.29 is 68.3 Å². The molecule has 5 aliphatic rings. The smallest absolute Gasteiger partial charge is 0.312 e. The van der Waals surface area contributed by atoms with Crippen LogP contribution in [0.5, 0.6) is 23.0 Å². The van der Waals surface area contributed by atoms with Crippen LogP contribution in [-0.4, -0.2) is 143 Å². The van der Waals surface area contributed by atoms with E-state index < -0.39 is 88.8 Å². The number of ether oxygens (including phenoxy) is 6. The molecule has 0 spiro atoms. The predicted molar refractivity (Wildman–Crippen MR) is 231 cm³/mol. The van der Waals surface area contributed by atoms with E-state index in [0.29, 0.717) is 52.6 Å². The second kappa shape index (κ2) is 19.4. The summed E-state index contributed by atoms with van der Waals surface area (Å²) in [6.07, 6.45) is 3.59. The van der Waals surface area contributed by atoms with Crippen LogP contribution in [0.15, 0.2) is 36.1 Å². The van der Waals surface area contributed by atoms with Gasteiger partial charge in [-0.15, -0.1) is 0 Å². The van der Waals surface area contributed by atoms with Gasteiger partial charge in [0.1, 0.15) is 29.0 Å². The Bertz CT molecular complexity index is 2130. The number of aliphatic hydroxyl groups excluding tert-OH is 2. The number of ketones is 1. The Labute approximate surface area is 367 Å². The maximum atomic E-state index is 14.7. The number of allylic oxidation sites excluding steroid dienone is 2. The number of phenols is 3. The van der Waals surface area contributed by atoms with E-state index in [9.17, 15) is 39.9 Å². The van der Waals surface area contributed by atoms with E-state index >= 15 is 0 Å². The highest BCUT2D eigenvalue weighted by Crippen LogP contribution is 2.58. The van der Waals surface area contributed by atoms with Crippen LogP contribution in [0, 0.1) is 30.6 Å². The lowest BCUT2D eigenvalue weighted by Gasteiger charge is -2.47. The van der Waals surface area contributed by atoms with Crippen LogP contribution < -0.4 is 15.2 Å². The molecule has 7 rings (SSSR count). The van der Waals surface area contributed by atoms with Gasteiger partial charge in [0.05, 0.1) is 62.0 Å². The Hall–Kier alpha value is -4.95. The first kappa shape index (κ1) is 47.5. The number of rotatable bonds is 5. The Morgan fingerprint density at radius 3 is 2.03 bits per heavy atom. The van der Waals surface area contributed by atoms with Gasteiger partial charge in [0.15, 0.2) is 11.5 Å². The van der Waals surface area contributed by atoms with Crippen LogP contribution in [0.4, 0.5) is 11.4 Å². The second-order valence-corrected chi connectivity index (χ2v) is 17.0. The third-order valence-electron chi connectivity index (χ3n) is 12.7. The first-order valence-corrected chi connectivity index (χ1v) is 21.4. The number of aliphatic hydroxyl groups is 2. The van der Waals surface area contributed by atoms with Crippen molar-refractivity contribution in [3.63, 3.8) is 0 Å². The van der Waals surface area contributed by atoms with Gasteiger partial charge in [-0.05, 0) is 19.9 Å². The molecule has 1 amide bonds. The number of fused-ring (bicyclic) bond motifs is 14. The van der Waals surface area contributed by atoms with E-state index in [-0.39, 0.29) is 44.6 Å². The van der Waals surface area contributed by atoms with Gasteiger partial charge >= 0.3 is 11.8 Å². The number of hydrogen-bond donors (Lipinski definition) is 6. The maximum absolute atomic E-state index is 14.7. The van der Waals surface area contributed by atoms with Gasteiger partial charge in [0, 0.05) is 87.3 Å². The van der Waals surface area contributed by atoms with Gasteiger partial charge in [-0.25, -0.2) is 15.1 Å². The monoisotopic (exact) mass is 882 g/mol. The standard InChI is InChI=1S/C45H62N4O14/c1-23-11-10-12-24(2)44(57)46-34-35(49(47-14-19-59-20-15-47)48-16-21-60-22-17-48)40(55)31-32(39(34)54)38(53)28(6)42-33(31)43(56)45(8,63-42)61-18-13-30(58-9)25(3)41(62-29(7)50)27(5)37(52)26(4)36(23)51/h10-13,18,23,25-27,30,36-37,41,51-55H,14-17,19-22H2,1-9H3,(H,46,57)/b11-10+,18-13+,24-12-/t23-,25+,26+,27+,30-,36-,37+,41+,45-/m0/s1. The zero-order valence-electron chi connectivity index (χ0n) is 37.4. The molecule has 18 nitrogen and oxygen atoms in total. The van der Waals surface area contributed by atoms with Gasteiger partial charge in [-0.1, -0.05) is 45.9 Å². The van der Waals surface area contributed by atoms with Crippen molar-refractivity contribution in [1.29, 1.82) is 0 Å². The highest BCUT2D eigenvalue weighted by atomic mass is 16.7. The largest absolute Gasteiger partial charge is 0.507 e. The lowest BCUT2D eigenvalue weighted by molar-refractivity contribution is -0.160. The summed E-state index contributed by atoms with van der Waals surface area (Å²) in [5.41, 5.74) is -0.284. The highest BCUT2D eigenvalue weighted by Gasteiger charge is 2.50. The lowest BCUT2D eigenvalue weighted by Crippen LogP contribution is -2.60. The minimum Gasteiger partial charge on any atom is -0.507 e. The zero-order valence-corrected chi connectivity index (χ0v) is 37.4. The molecular formula is C45H62N4O14. The molecule has 2 aromatic rings. The molecule has 0 radical (unpaired) electrons. The van der Waals surface area contributed by atoms with E-state index in [1.807, 2.05) is 10.0 Å². The summed E-state index contributed by atoms with van der Waals surface area (Å²) in [5, 5.41) is 67.6. The molecule has 346 valence electrons. The Balaban J connectivity index is 1.58. The first-order chi connectivity index (χ1) is 29.8. The Morgan fingerprint density at radius 2 is 1.46 bits per heavy atom. The van der Waals surface area contributed by atoms with Gasteiger partial charge in [0.25, 0.3) is 11.7 Å². The van der Waals surface area contributed by atoms with E-state index in [2.05, 4.69) is 5.32 Å². The van der Waals surface area contributed by atoms with Crippen molar-refractivity contribution in [3.05, 3.63) is 47.3 Å². The van der Waals surface area contributed by atoms with Crippen LogP contribution in [0.2, 0.25) is 0 Å². The molecular weight excluding hydrogens is 821 g/mol. The number of hydrogen-bond acceptors (Lipinski definition) is 17. The summed E-state index contributed by atoms with van der Waals surface area (Å²) in [7, 11) is 1.44. The van der Waals surface area contributed by atoms with E-state index in [4.69, 9.17) is 28.4 Å². The summed E-state index contributed by atoms with van der Waals surface area (Å²) in [5.74, 6) is -8.40. The average Bonchev–Trinajstić information content (AvgIpc) is 3.53. The topological polar surface area (TPSA) is 229 Å². The molecule has 0 unspecified atom stereocenters. The number of nitrogens with zero attached hydrogens (tertiary/aromatic N) is 3. The molecule has 6 N–H and O–H groups in total. The van der Waals surface area contributed by atoms with Crippen molar-refractivity contribution in [3.8, 4) is 23.0 Å². The van der Waals surface area contributed by atoms with Gasteiger partial charge in [0.2, 0.25) is 0 Å². The Kier molecular flexibility index (Phi) is 14.7. The number of aromatic hydroxyl groups is 3. The van der Waals surface area contributed by atoms with Gasteiger partial charge < -0.3 is 59.3 Å². The summed E-state index contributed by atoms with van der Waals surface area (Å²) in [6, 6.07) is 0. The summed E-state index contributed by atoms with van der Waals surface area (Å²) < 4.78 is 35.2. The molecule has 5 aliphatic heterocycles. The molecule has 2 fully saturated rings. The number of esters is 1. The number of morpholine rings is 2. The van der Waals surface area contributed by atoms with Crippen molar-refractivity contribution in [2.24, 2.45) is 23.7 Å². The van der Waals surface area contributed by atoms with Crippen molar-refractivity contribution in [2.45, 2.75) is 85.6 Å². The number of methoxy groups -OCH3 is 1. The summed E-state index contributed by atoms with van der Waals surface area (Å²) in [4.78, 5) is 41.3. The fourth-order valence-corrected chi connectivity index (χ4v) is 8.85. The number of nitrogens with one attached hydrogen (secondary N) is 1. The number of anilines is 2. The van der Waals surface area contributed by atoms with E-state index in [1.54, 1.807) is 51.9 Å². The fourth-order valence-electron chi connectivity index (χ4n) is 8.85. The van der Waals surface area contributed by atoms with Crippen LogP contribution in [-0.2, 0) is 33.3 Å². The number of carbonyl (C=O) groups excluding carboxylic acids is 3. The SMILES string of the molecule is CO[C@H]1/C=C/O[C@@]2(C)Oc3c(C)c(O)c4c(O)c(c(N(N5CCOCC5)N5CCOCC5)c(O)c4c3C2=O)NC(=O)/C(C)=C\C=C\[C@H](C)[C@H](O)[C@@H](C)[C@@H](O)[C@@H](C)[C@H](OC(C)=O)[C@@H]1C. The minimum absolute atomic E-state index is 0.0533. The molecule has 2 aromatic carbocycles. The molecule has 2 saturated heterocycles. The fraction of sp³-hybridized carbons (Fsp3) is 0.578. The number of Topliss-reactive ketones (excluding diaryl/α,β-unsaturated/α-hetero) is 1. The molecule has 0 aromatic heterocycles. The molecule has 9 atom stereocenters. The molecule has 0 aliphatic carbocycles. The van der Waals surface area contributed by atoms with Crippen LogP contribution in [0.1, 0.15) is 64.4 Å². The summed E-state index contributed by atoms with van der Waals surface area (Å²) >= 11 is 0. The number of benzene rings is 2. The number of phenolic OH excluding ortho intramolecular Hbond substituents is 3. The first-order valence-electron chi connectivity index (χ1n) is 21.4. The highest BCUT2D eigenvalue weighted by molar-refractivity contribution is 6.23. The number of hydrazine groups is 2. The normalized spacial score (nSPS) is 32.3. The molecule has 5 heterocycles. The van der Waals surface area contributed by atoms with Crippen molar-refractivity contribution in [1.82, 2.24) is 10.0 Å². The third kappa shape index (κ3) is 9.20. The second-order valence-electron chi connectivity index (χ2n) is 17.0. The molecule has 0 saturated carbocycles. The number of amides is 1. The average molecular weight is 883 g/mol. The zero-order chi connectivity index (χ0) is 46.1. The lowest BCUT2D eigenvalue weighted by atomic mass is 9.78. The molecule has 18 heteroatoms. The van der Waals surface area contributed by atoms with Gasteiger partial charge in [-0.3, -0.25) is 14.4 Å². The van der Waals surface area contributed by atoms with Crippen molar-refractivity contribution in [2.75, 3.05) is 70.2 Å². The van der Waals surface area contributed by atoms with Crippen LogP contribution in [0.3, 0.4) is 0 Å². The third-order valence-corrected chi connectivity index (χ3v) is 12.7.